The lowest BCUT2D eigenvalue weighted by molar-refractivity contribution is 0.237. The predicted molar refractivity (Wildman–Crippen MR) is 111 cm³/mol. The van der Waals surface area contributed by atoms with Crippen molar-refractivity contribution in [1.82, 2.24) is 4.90 Å². The molecule has 1 aliphatic carbocycles. The Morgan fingerprint density at radius 1 is 1.30 bits per heavy atom. The van der Waals surface area contributed by atoms with Crippen molar-refractivity contribution in [2.45, 2.75) is 5.92 Å². The molecule has 0 amide bonds. The van der Waals surface area contributed by atoms with Crippen LogP contribution >= 0.6 is 0 Å². The third kappa shape index (κ3) is 3.18. The highest BCUT2D eigenvalue weighted by Crippen LogP contribution is 2.54. The van der Waals surface area contributed by atoms with Gasteiger partial charge in [0, 0.05) is 24.9 Å². The van der Waals surface area contributed by atoms with Crippen molar-refractivity contribution < 1.29 is 9.47 Å². The number of rotatable bonds is 5. The number of allylic oxidation sites excluding steroid dienone is 2. The summed E-state index contributed by atoms with van der Waals surface area (Å²) in [6.07, 6.45) is 3.60. The Hall–Kier alpha value is -3.73. The largest absolute Gasteiger partial charge is 0.493 e. The van der Waals surface area contributed by atoms with Crippen molar-refractivity contribution in [1.29, 1.82) is 15.8 Å². The second-order valence-electron chi connectivity index (χ2n) is 7.41. The second kappa shape index (κ2) is 8.33. The summed E-state index contributed by atoms with van der Waals surface area (Å²) in [6, 6.07) is 11.8. The van der Waals surface area contributed by atoms with Crippen molar-refractivity contribution in [3.63, 3.8) is 0 Å². The van der Waals surface area contributed by atoms with Crippen molar-refractivity contribution in [2.24, 2.45) is 17.1 Å². The molecule has 0 unspecified atom stereocenters. The van der Waals surface area contributed by atoms with Gasteiger partial charge in [-0.1, -0.05) is 24.8 Å². The van der Waals surface area contributed by atoms with E-state index in [1.807, 2.05) is 19.2 Å². The Morgan fingerprint density at radius 2 is 2.03 bits per heavy atom. The van der Waals surface area contributed by atoms with E-state index in [2.05, 4.69) is 29.7 Å². The maximum absolute atomic E-state index is 10.1. The third-order valence-electron chi connectivity index (χ3n) is 5.75. The molecule has 1 aromatic rings. The molecular weight excluding hydrogens is 378 g/mol. The van der Waals surface area contributed by atoms with E-state index in [4.69, 9.17) is 15.2 Å². The van der Waals surface area contributed by atoms with Crippen LogP contribution in [0.5, 0.6) is 11.5 Å². The van der Waals surface area contributed by atoms with Crippen LogP contribution in [-0.4, -0.2) is 38.8 Å². The van der Waals surface area contributed by atoms with Crippen LogP contribution in [0.25, 0.3) is 0 Å². The number of likely N-dealkylation sites (N-methyl/N-ethyl adjacent to an activating group) is 1. The van der Waals surface area contributed by atoms with E-state index in [0.717, 1.165) is 11.1 Å². The molecule has 2 aliphatic rings. The highest BCUT2D eigenvalue weighted by molar-refractivity contribution is 5.60. The lowest BCUT2D eigenvalue weighted by atomic mass is 9.58. The first-order valence-electron chi connectivity index (χ1n) is 9.50. The van der Waals surface area contributed by atoms with Gasteiger partial charge in [0.05, 0.1) is 30.5 Å². The summed E-state index contributed by atoms with van der Waals surface area (Å²) in [7, 11) is 3.50. The minimum atomic E-state index is -1.67. The summed E-state index contributed by atoms with van der Waals surface area (Å²) in [5.41, 5.74) is 6.43. The molecule has 7 heteroatoms. The van der Waals surface area contributed by atoms with Crippen molar-refractivity contribution >= 4 is 0 Å². The molecule has 2 N–H and O–H groups in total. The number of benzene rings is 1. The number of nitrogens with two attached hydrogens (primary N) is 1. The number of hydrogen-bond acceptors (Lipinski definition) is 7. The number of methoxy groups -OCH3 is 1. The number of ether oxygens (including phenoxy) is 2. The lowest BCUT2D eigenvalue weighted by Gasteiger charge is -2.45. The van der Waals surface area contributed by atoms with E-state index < -0.39 is 11.3 Å². The van der Waals surface area contributed by atoms with Crippen LogP contribution in [0.4, 0.5) is 0 Å². The highest BCUT2D eigenvalue weighted by Gasteiger charge is 2.54. The fourth-order valence-corrected chi connectivity index (χ4v) is 4.35. The molecule has 0 saturated heterocycles. The van der Waals surface area contributed by atoms with Gasteiger partial charge < -0.3 is 20.1 Å². The van der Waals surface area contributed by atoms with Gasteiger partial charge in [0.2, 0.25) is 0 Å². The summed E-state index contributed by atoms with van der Waals surface area (Å²) in [6.45, 7) is 5.23. The van der Waals surface area contributed by atoms with Crippen LogP contribution in [-0.2, 0) is 0 Å². The summed E-state index contributed by atoms with van der Waals surface area (Å²) in [5, 5.41) is 30.0. The van der Waals surface area contributed by atoms with Gasteiger partial charge in [-0.3, -0.25) is 0 Å². The minimum Gasteiger partial charge on any atom is -0.493 e. The average molecular weight is 401 g/mol. The first-order chi connectivity index (χ1) is 14.5. The lowest BCUT2D eigenvalue weighted by Crippen LogP contribution is -2.47. The Morgan fingerprint density at radius 3 is 2.63 bits per heavy atom. The van der Waals surface area contributed by atoms with Gasteiger partial charge in [0.15, 0.2) is 16.9 Å². The van der Waals surface area contributed by atoms with Gasteiger partial charge in [-0.2, -0.15) is 15.8 Å². The molecule has 0 spiro atoms. The third-order valence-corrected chi connectivity index (χ3v) is 5.75. The Bertz CT molecular complexity index is 1040. The van der Waals surface area contributed by atoms with Crippen molar-refractivity contribution in [2.75, 3.05) is 33.9 Å². The van der Waals surface area contributed by atoms with Gasteiger partial charge in [0.1, 0.15) is 12.7 Å². The topological polar surface area (TPSA) is 119 Å². The molecule has 1 aromatic carbocycles. The van der Waals surface area contributed by atoms with Crippen LogP contribution in [0.3, 0.4) is 0 Å². The van der Waals surface area contributed by atoms with Crippen molar-refractivity contribution in [3.8, 4) is 29.7 Å². The van der Waals surface area contributed by atoms with E-state index in [0.29, 0.717) is 31.2 Å². The number of nitrogens with zero attached hydrogens (tertiary/aromatic N) is 4. The SMILES string of the molecule is C=CCOc1ccc([C@H]2[C@@H]3CN(C)CC=C3C(C#N)=C(N)C2(C#N)C#N)cc1OC. The monoisotopic (exact) mass is 401 g/mol. The summed E-state index contributed by atoms with van der Waals surface area (Å²) >= 11 is 0. The number of nitriles is 3. The van der Waals surface area contributed by atoms with Gasteiger partial charge in [0.25, 0.3) is 0 Å². The molecular formula is C23H23N5O2. The standard InChI is InChI=1S/C23H23N5O2/c1-4-9-30-19-6-5-15(10-20(19)29-3)21-18-12-28(2)8-7-16(18)17(11-24)22(27)23(21,13-25)14-26/h4-7,10,18,21H,1,8-9,12,27H2,2-3H3/t18-,21+/m1/s1. The summed E-state index contributed by atoms with van der Waals surface area (Å²) in [4.78, 5) is 2.09. The zero-order valence-corrected chi connectivity index (χ0v) is 17.1. The smallest absolute Gasteiger partial charge is 0.191 e. The summed E-state index contributed by atoms with van der Waals surface area (Å²) in [5.74, 6) is 0.215. The first-order valence-corrected chi connectivity index (χ1v) is 9.50. The normalized spacial score (nSPS) is 22.6. The van der Waals surface area contributed by atoms with E-state index >= 15 is 0 Å². The van der Waals surface area contributed by atoms with E-state index in [1.54, 1.807) is 18.2 Å². The molecule has 1 heterocycles. The maximum atomic E-state index is 10.1. The van der Waals surface area contributed by atoms with Crippen molar-refractivity contribution in [3.05, 3.63) is 59.3 Å². The molecule has 152 valence electrons. The molecule has 3 rings (SSSR count). The van der Waals surface area contributed by atoms with E-state index in [-0.39, 0.29) is 17.2 Å². The molecule has 0 radical (unpaired) electrons. The van der Waals surface area contributed by atoms with Crippen LogP contribution in [0, 0.1) is 45.3 Å². The molecule has 7 nitrogen and oxygen atoms in total. The molecule has 0 bridgehead atoms. The Kier molecular flexibility index (Phi) is 5.83. The highest BCUT2D eigenvalue weighted by atomic mass is 16.5. The predicted octanol–water partition coefficient (Wildman–Crippen LogP) is 2.62. The zero-order valence-electron chi connectivity index (χ0n) is 17.1. The zero-order chi connectivity index (χ0) is 21.9. The van der Waals surface area contributed by atoms with Gasteiger partial charge in [-0.15, -0.1) is 0 Å². The number of fused-ring (bicyclic) bond motifs is 1. The molecule has 1 aliphatic heterocycles. The maximum Gasteiger partial charge on any atom is 0.191 e. The van der Waals surface area contributed by atoms with Crippen LogP contribution < -0.4 is 15.2 Å². The fraction of sp³-hybridized carbons (Fsp3) is 0.348. The molecule has 30 heavy (non-hydrogen) atoms. The molecule has 2 atom stereocenters. The van der Waals surface area contributed by atoms with Gasteiger partial charge in [-0.25, -0.2) is 0 Å². The molecule has 0 fully saturated rings. The number of hydrogen-bond donors (Lipinski definition) is 1. The Labute approximate surface area is 176 Å². The van der Waals surface area contributed by atoms with Crippen LogP contribution in [0.2, 0.25) is 0 Å². The summed E-state index contributed by atoms with van der Waals surface area (Å²) < 4.78 is 11.1. The minimum absolute atomic E-state index is 0.0120. The second-order valence-corrected chi connectivity index (χ2v) is 7.41. The van der Waals surface area contributed by atoms with Gasteiger partial charge >= 0.3 is 0 Å². The van der Waals surface area contributed by atoms with E-state index in [1.165, 1.54) is 7.11 Å². The van der Waals surface area contributed by atoms with E-state index in [9.17, 15) is 15.8 Å². The molecule has 0 aromatic heterocycles. The quantitative estimate of drug-likeness (QED) is 0.753. The fourth-order valence-electron chi connectivity index (χ4n) is 4.35. The molecule has 0 saturated carbocycles. The Balaban J connectivity index is 2.25. The average Bonchev–Trinajstić information content (AvgIpc) is 2.77. The van der Waals surface area contributed by atoms with Crippen LogP contribution in [0.15, 0.2) is 53.8 Å². The first kappa shape index (κ1) is 21.0. The van der Waals surface area contributed by atoms with Gasteiger partial charge in [-0.05, 0) is 30.3 Å². The van der Waals surface area contributed by atoms with Crippen LogP contribution in [0.1, 0.15) is 11.5 Å².